The second-order valence-corrected chi connectivity index (χ2v) is 8.97. The van der Waals surface area contributed by atoms with Crippen molar-refractivity contribution < 1.29 is 9.59 Å². The minimum Gasteiger partial charge on any atom is -0.356 e. The van der Waals surface area contributed by atoms with Crippen LogP contribution in [-0.4, -0.2) is 18.2 Å². The minimum absolute atomic E-state index is 0.0117. The molecule has 136 valence electrons. The predicted octanol–water partition coefficient (Wildman–Crippen LogP) is 4.60. The molecule has 1 amide bonds. The standard InChI is InChI=1S/C22H31NO2/c1-14(2)16-7-8-18-17(11-16)19(25)12-20-21(4,13-23-15(3)24)9-6-10-22(18,20)5/h7-8,11,14,20H,6,9-10,12-13H2,1-5H3,(H,23,24)/t20-,21-,22+/m0/s1. The average molecular weight is 341 g/mol. The van der Waals surface area contributed by atoms with E-state index in [0.29, 0.717) is 18.9 Å². The van der Waals surface area contributed by atoms with Gasteiger partial charge in [-0.05, 0) is 52.7 Å². The van der Waals surface area contributed by atoms with Crippen LogP contribution in [0.25, 0.3) is 0 Å². The van der Waals surface area contributed by atoms with Crippen LogP contribution in [-0.2, 0) is 10.2 Å². The maximum atomic E-state index is 13.0. The Morgan fingerprint density at radius 2 is 2.00 bits per heavy atom. The second kappa shape index (κ2) is 6.26. The molecule has 1 N–H and O–H groups in total. The molecule has 0 spiro atoms. The molecule has 0 radical (unpaired) electrons. The molecule has 25 heavy (non-hydrogen) atoms. The van der Waals surface area contributed by atoms with Gasteiger partial charge in [-0.15, -0.1) is 0 Å². The van der Waals surface area contributed by atoms with E-state index in [1.54, 1.807) is 6.92 Å². The summed E-state index contributed by atoms with van der Waals surface area (Å²) in [6.45, 7) is 11.2. The Balaban J connectivity index is 2.03. The van der Waals surface area contributed by atoms with Gasteiger partial charge in [0.05, 0.1) is 0 Å². The summed E-state index contributed by atoms with van der Waals surface area (Å²) >= 11 is 0. The van der Waals surface area contributed by atoms with E-state index >= 15 is 0 Å². The van der Waals surface area contributed by atoms with Crippen LogP contribution >= 0.6 is 0 Å². The summed E-state index contributed by atoms with van der Waals surface area (Å²) < 4.78 is 0. The molecule has 1 fully saturated rings. The molecule has 0 aromatic heterocycles. The Morgan fingerprint density at radius 3 is 2.64 bits per heavy atom. The lowest BCUT2D eigenvalue weighted by Crippen LogP contribution is -2.54. The largest absolute Gasteiger partial charge is 0.356 e. The molecular formula is C22H31NO2. The maximum absolute atomic E-state index is 13.0. The van der Waals surface area contributed by atoms with Crippen LogP contribution in [0.3, 0.4) is 0 Å². The Hall–Kier alpha value is -1.64. The van der Waals surface area contributed by atoms with Crippen molar-refractivity contribution in [1.82, 2.24) is 5.32 Å². The van der Waals surface area contributed by atoms with Gasteiger partial charge in [-0.2, -0.15) is 0 Å². The highest BCUT2D eigenvalue weighted by Crippen LogP contribution is 2.57. The van der Waals surface area contributed by atoms with E-state index in [0.717, 1.165) is 24.8 Å². The van der Waals surface area contributed by atoms with E-state index < -0.39 is 0 Å². The first-order valence-corrected chi connectivity index (χ1v) is 9.59. The van der Waals surface area contributed by atoms with Crippen LogP contribution in [0.1, 0.15) is 87.7 Å². The number of benzene rings is 1. The third-order valence-corrected chi connectivity index (χ3v) is 6.81. The van der Waals surface area contributed by atoms with Crippen LogP contribution in [0.5, 0.6) is 0 Å². The minimum atomic E-state index is -0.0251. The normalized spacial score (nSPS) is 31.4. The number of ketones is 1. The van der Waals surface area contributed by atoms with Crippen molar-refractivity contribution in [3.63, 3.8) is 0 Å². The quantitative estimate of drug-likeness (QED) is 0.873. The van der Waals surface area contributed by atoms with Gasteiger partial charge in [0.2, 0.25) is 5.91 Å². The highest BCUT2D eigenvalue weighted by molar-refractivity contribution is 5.99. The number of rotatable bonds is 3. The lowest BCUT2D eigenvalue weighted by Gasteiger charge is -2.55. The van der Waals surface area contributed by atoms with Crippen molar-refractivity contribution in [2.75, 3.05) is 6.54 Å². The average Bonchev–Trinajstić information content (AvgIpc) is 2.55. The molecule has 3 atom stereocenters. The van der Waals surface area contributed by atoms with Gasteiger partial charge in [0, 0.05) is 25.5 Å². The summed E-state index contributed by atoms with van der Waals surface area (Å²) in [6, 6.07) is 6.53. The van der Waals surface area contributed by atoms with Gasteiger partial charge in [-0.3, -0.25) is 9.59 Å². The lowest BCUT2D eigenvalue weighted by molar-refractivity contribution is -0.120. The third-order valence-electron chi connectivity index (χ3n) is 6.81. The zero-order valence-electron chi connectivity index (χ0n) is 16.2. The molecule has 1 aromatic carbocycles. The number of hydrogen-bond acceptors (Lipinski definition) is 2. The number of Topliss-reactive ketones (excluding diaryl/α,β-unsaturated/α-hetero) is 1. The van der Waals surface area contributed by atoms with Gasteiger partial charge in [0.1, 0.15) is 0 Å². The zero-order chi connectivity index (χ0) is 18.4. The topological polar surface area (TPSA) is 46.2 Å². The van der Waals surface area contributed by atoms with Crippen molar-refractivity contribution in [2.24, 2.45) is 11.3 Å². The molecule has 0 unspecified atom stereocenters. The predicted molar refractivity (Wildman–Crippen MR) is 101 cm³/mol. The van der Waals surface area contributed by atoms with Crippen molar-refractivity contribution in [2.45, 2.75) is 71.6 Å². The summed E-state index contributed by atoms with van der Waals surface area (Å²) in [7, 11) is 0. The molecule has 0 bridgehead atoms. The van der Waals surface area contributed by atoms with Gasteiger partial charge in [-0.1, -0.05) is 46.2 Å². The fourth-order valence-corrected chi connectivity index (χ4v) is 5.25. The highest BCUT2D eigenvalue weighted by Gasteiger charge is 2.53. The van der Waals surface area contributed by atoms with Crippen LogP contribution in [0.15, 0.2) is 18.2 Å². The van der Waals surface area contributed by atoms with Crippen LogP contribution in [0.4, 0.5) is 0 Å². The molecule has 0 saturated heterocycles. The summed E-state index contributed by atoms with van der Waals surface area (Å²) in [4.78, 5) is 24.5. The van der Waals surface area contributed by atoms with Crippen LogP contribution < -0.4 is 5.32 Å². The van der Waals surface area contributed by atoms with Gasteiger partial charge < -0.3 is 5.32 Å². The molecule has 0 heterocycles. The number of fused-ring (bicyclic) bond motifs is 3. The van der Waals surface area contributed by atoms with Gasteiger partial charge in [0.15, 0.2) is 5.78 Å². The Bertz CT molecular complexity index is 708. The monoisotopic (exact) mass is 341 g/mol. The maximum Gasteiger partial charge on any atom is 0.216 e. The number of amides is 1. The fraction of sp³-hybridized carbons (Fsp3) is 0.636. The SMILES string of the molecule is CC(=O)NC[C@]1(C)CCC[C@]2(C)c3ccc(C(C)C)cc3C(=O)C[C@@H]12. The van der Waals surface area contributed by atoms with E-state index in [-0.39, 0.29) is 28.4 Å². The smallest absolute Gasteiger partial charge is 0.216 e. The second-order valence-electron chi connectivity index (χ2n) is 8.97. The Morgan fingerprint density at radius 1 is 1.28 bits per heavy atom. The van der Waals surface area contributed by atoms with Gasteiger partial charge in [-0.25, -0.2) is 0 Å². The molecule has 3 rings (SSSR count). The van der Waals surface area contributed by atoms with Crippen LogP contribution in [0.2, 0.25) is 0 Å². The van der Waals surface area contributed by atoms with Gasteiger partial charge >= 0.3 is 0 Å². The number of carbonyl (C=O) groups is 2. The van der Waals surface area contributed by atoms with E-state index in [1.165, 1.54) is 11.1 Å². The summed E-state index contributed by atoms with van der Waals surface area (Å²) in [6.07, 6.45) is 3.93. The van der Waals surface area contributed by atoms with Crippen molar-refractivity contribution in [1.29, 1.82) is 0 Å². The van der Waals surface area contributed by atoms with E-state index in [2.05, 4.69) is 51.2 Å². The molecule has 0 aliphatic heterocycles. The molecule has 1 aromatic rings. The number of nitrogens with one attached hydrogen (secondary N) is 1. The molecule has 2 aliphatic carbocycles. The Kier molecular flexibility index (Phi) is 4.55. The molecule has 1 saturated carbocycles. The first-order chi connectivity index (χ1) is 11.7. The lowest BCUT2D eigenvalue weighted by atomic mass is 9.49. The first-order valence-electron chi connectivity index (χ1n) is 9.59. The molecule has 3 heteroatoms. The number of hydrogen-bond donors (Lipinski definition) is 1. The van der Waals surface area contributed by atoms with Crippen molar-refractivity contribution in [3.05, 3.63) is 34.9 Å². The van der Waals surface area contributed by atoms with Crippen molar-refractivity contribution in [3.8, 4) is 0 Å². The fourth-order valence-electron chi connectivity index (χ4n) is 5.25. The molecule has 3 nitrogen and oxygen atoms in total. The summed E-state index contributed by atoms with van der Waals surface area (Å²) in [5.74, 6) is 0.999. The highest BCUT2D eigenvalue weighted by atomic mass is 16.1. The van der Waals surface area contributed by atoms with E-state index in [4.69, 9.17) is 0 Å². The Labute approximate surface area is 151 Å². The zero-order valence-corrected chi connectivity index (χ0v) is 16.2. The van der Waals surface area contributed by atoms with Gasteiger partial charge in [0.25, 0.3) is 0 Å². The molecule has 2 aliphatic rings. The summed E-state index contributed by atoms with van der Waals surface area (Å²) in [5.41, 5.74) is 3.40. The van der Waals surface area contributed by atoms with E-state index in [1.807, 2.05) is 0 Å². The summed E-state index contributed by atoms with van der Waals surface area (Å²) in [5, 5.41) is 3.02. The van der Waals surface area contributed by atoms with E-state index in [9.17, 15) is 9.59 Å². The first kappa shape index (κ1) is 18.2. The third kappa shape index (κ3) is 3.02. The van der Waals surface area contributed by atoms with Crippen LogP contribution in [0, 0.1) is 11.3 Å². The van der Waals surface area contributed by atoms with Crippen molar-refractivity contribution >= 4 is 11.7 Å². The molecular weight excluding hydrogens is 310 g/mol. The number of carbonyl (C=O) groups excluding carboxylic acids is 2.